The number of amides is 1. The number of hydrogen-bond acceptors (Lipinski definition) is 4. The fraction of sp³-hybridized carbons (Fsp3) is 0.909. The number of Topliss-reactive ketones (excluding diaryl/α,β-unsaturated/α-hetero) is 1. The van der Waals surface area contributed by atoms with Crippen LogP contribution in [-0.4, -0.2) is 49.4 Å². The number of rotatable bonds is 6. The lowest BCUT2D eigenvalue weighted by molar-refractivity contribution is -0.125. The van der Waals surface area contributed by atoms with Crippen molar-refractivity contribution in [2.75, 3.05) is 6.61 Å². The van der Waals surface area contributed by atoms with Gasteiger partial charge in [-0.2, -0.15) is 0 Å². The van der Waals surface area contributed by atoms with Crippen LogP contribution >= 0.6 is 0 Å². The molecule has 0 radical (unpaired) electrons. The number of piperidine rings is 1. The Hall–Kier alpha value is -0.883. The normalized spacial score (nSPS) is 25.7. The molecule has 2 fully saturated rings. The van der Waals surface area contributed by atoms with Gasteiger partial charge in [0.15, 0.2) is 8.32 Å². The van der Waals surface area contributed by atoms with E-state index >= 15 is 0 Å². The van der Waals surface area contributed by atoms with Crippen molar-refractivity contribution >= 4 is 20.2 Å². The third kappa shape index (κ3) is 5.82. The third-order valence-corrected chi connectivity index (χ3v) is 11.2. The van der Waals surface area contributed by atoms with E-state index in [-0.39, 0.29) is 29.1 Å². The van der Waals surface area contributed by atoms with E-state index < -0.39 is 13.9 Å². The second-order valence-corrected chi connectivity index (χ2v) is 15.9. The molecule has 2 saturated heterocycles. The Bertz CT molecular complexity index is 562. The van der Waals surface area contributed by atoms with Crippen molar-refractivity contribution in [3.8, 4) is 0 Å². The summed E-state index contributed by atoms with van der Waals surface area (Å²) in [6.07, 6.45) is 4.73. The van der Waals surface area contributed by atoms with Gasteiger partial charge in [-0.3, -0.25) is 4.79 Å². The molecule has 0 aliphatic carbocycles. The summed E-state index contributed by atoms with van der Waals surface area (Å²) in [7, 11) is -1.74. The average Bonchev–Trinajstić information content (AvgIpc) is 2.79. The molecule has 2 heterocycles. The van der Waals surface area contributed by atoms with Gasteiger partial charge in [-0.15, -0.1) is 0 Å². The van der Waals surface area contributed by atoms with Gasteiger partial charge in [-0.05, 0) is 71.0 Å². The maximum absolute atomic E-state index is 12.8. The van der Waals surface area contributed by atoms with Crippen LogP contribution < -0.4 is 0 Å². The van der Waals surface area contributed by atoms with E-state index in [9.17, 15) is 9.59 Å². The summed E-state index contributed by atoms with van der Waals surface area (Å²) in [6.45, 7) is 17.6. The van der Waals surface area contributed by atoms with Crippen molar-refractivity contribution in [2.24, 2.45) is 5.92 Å². The molecule has 2 unspecified atom stereocenters. The van der Waals surface area contributed by atoms with Crippen LogP contribution in [0.4, 0.5) is 4.79 Å². The van der Waals surface area contributed by atoms with Crippen molar-refractivity contribution in [3.63, 3.8) is 0 Å². The van der Waals surface area contributed by atoms with E-state index in [2.05, 4.69) is 33.9 Å². The summed E-state index contributed by atoms with van der Waals surface area (Å²) in [6, 6.07) is 0.317. The maximum atomic E-state index is 12.8. The molecule has 0 aromatic rings. The highest BCUT2D eigenvalue weighted by molar-refractivity contribution is 6.74. The fourth-order valence-electron chi connectivity index (χ4n) is 4.05. The Labute approximate surface area is 172 Å². The number of carbonyl (C=O) groups is 2. The molecule has 5 nitrogen and oxygen atoms in total. The van der Waals surface area contributed by atoms with Crippen molar-refractivity contribution in [2.45, 2.75) is 116 Å². The molecular formula is C22H41NO4Si. The van der Waals surface area contributed by atoms with Crippen LogP contribution in [0.5, 0.6) is 0 Å². The molecule has 6 heteroatoms. The average molecular weight is 412 g/mol. The van der Waals surface area contributed by atoms with Gasteiger partial charge in [0.05, 0.1) is 0 Å². The number of ether oxygens (including phenoxy) is 1. The van der Waals surface area contributed by atoms with Gasteiger partial charge in [0.1, 0.15) is 11.4 Å². The highest BCUT2D eigenvalue weighted by atomic mass is 28.4. The molecule has 2 aliphatic heterocycles. The lowest BCUT2D eigenvalue weighted by Crippen LogP contribution is -2.49. The first kappa shape index (κ1) is 23.4. The highest BCUT2D eigenvalue weighted by Crippen LogP contribution is 2.40. The van der Waals surface area contributed by atoms with Crippen molar-refractivity contribution in [1.82, 2.24) is 4.90 Å². The summed E-state index contributed by atoms with van der Waals surface area (Å²) in [4.78, 5) is 27.2. The van der Waals surface area contributed by atoms with Crippen LogP contribution in [0.3, 0.4) is 0 Å². The first-order chi connectivity index (χ1) is 12.7. The minimum atomic E-state index is -1.74. The predicted octanol–water partition coefficient (Wildman–Crippen LogP) is 5.54. The van der Waals surface area contributed by atoms with Gasteiger partial charge in [0, 0.05) is 31.0 Å². The second-order valence-electron chi connectivity index (χ2n) is 11.1. The zero-order valence-corrected chi connectivity index (χ0v) is 20.3. The van der Waals surface area contributed by atoms with Crippen LogP contribution in [0.1, 0.15) is 80.1 Å². The summed E-state index contributed by atoms with van der Waals surface area (Å²) in [5.74, 6) is 0.434. The zero-order chi connectivity index (χ0) is 21.3. The van der Waals surface area contributed by atoms with Crippen LogP contribution in [0.25, 0.3) is 0 Å². The number of carbonyl (C=O) groups excluding carboxylic acids is 2. The SMILES string of the molecule is CC(C)(C)OC(=O)N1C2CCC1CC(C(=O)CCCO[Si](C)(C)C(C)(C)C)C2. The quantitative estimate of drug-likeness (QED) is 0.425. The van der Waals surface area contributed by atoms with Crippen LogP contribution in [0, 0.1) is 5.92 Å². The molecule has 0 spiro atoms. The van der Waals surface area contributed by atoms with Gasteiger partial charge < -0.3 is 14.1 Å². The van der Waals surface area contributed by atoms with Crippen LogP contribution in [0.2, 0.25) is 18.1 Å². The topological polar surface area (TPSA) is 55.8 Å². The van der Waals surface area contributed by atoms with Crippen LogP contribution in [-0.2, 0) is 14.0 Å². The Balaban J connectivity index is 1.81. The molecule has 28 heavy (non-hydrogen) atoms. The van der Waals surface area contributed by atoms with Gasteiger partial charge in [-0.1, -0.05) is 20.8 Å². The van der Waals surface area contributed by atoms with E-state index in [1.165, 1.54) is 0 Å². The minimum absolute atomic E-state index is 0.0871. The zero-order valence-electron chi connectivity index (χ0n) is 19.3. The molecule has 0 aromatic heterocycles. The maximum Gasteiger partial charge on any atom is 0.410 e. The summed E-state index contributed by atoms with van der Waals surface area (Å²) < 4.78 is 11.8. The summed E-state index contributed by atoms with van der Waals surface area (Å²) in [5.41, 5.74) is -0.479. The van der Waals surface area contributed by atoms with E-state index in [4.69, 9.17) is 9.16 Å². The lowest BCUT2D eigenvalue weighted by Gasteiger charge is -2.39. The molecule has 1 amide bonds. The molecule has 0 aromatic carbocycles. The molecule has 0 N–H and O–H groups in total. The largest absolute Gasteiger partial charge is 0.444 e. The number of nitrogens with zero attached hydrogens (tertiary/aromatic N) is 1. The smallest absolute Gasteiger partial charge is 0.410 e. The fourth-order valence-corrected chi connectivity index (χ4v) is 5.13. The van der Waals surface area contributed by atoms with Crippen LogP contribution in [0.15, 0.2) is 0 Å². The summed E-state index contributed by atoms with van der Waals surface area (Å²) in [5, 5.41) is 0.199. The second kappa shape index (κ2) is 8.47. The van der Waals surface area contributed by atoms with Crippen molar-refractivity contribution in [1.29, 1.82) is 0 Å². The van der Waals surface area contributed by atoms with E-state index in [1.807, 2.05) is 25.7 Å². The first-order valence-electron chi connectivity index (χ1n) is 10.9. The first-order valence-corrected chi connectivity index (χ1v) is 13.8. The van der Waals surface area contributed by atoms with Crippen molar-refractivity contribution in [3.05, 3.63) is 0 Å². The molecule has 2 bridgehead atoms. The lowest BCUT2D eigenvalue weighted by atomic mass is 9.86. The Morgan fingerprint density at radius 2 is 1.54 bits per heavy atom. The Morgan fingerprint density at radius 1 is 1.00 bits per heavy atom. The molecule has 2 rings (SSSR count). The Kier molecular flexibility index (Phi) is 7.07. The number of ketones is 1. The molecule has 2 aliphatic rings. The summed E-state index contributed by atoms with van der Waals surface area (Å²) >= 11 is 0. The monoisotopic (exact) mass is 411 g/mol. The van der Waals surface area contributed by atoms with E-state index in [0.29, 0.717) is 18.8 Å². The Morgan fingerprint density at radius 3 is 2.00 bits per heavy atom. The predicted molar refractivity (Wildman–Crippen MR) is 115 cm³/mol. The molecule has 162 valence electrons. The number of hydrogen-bond donors (Lipinski definition) is 0. The van der Waals surface area contributed by atoms with Gasteiger partial charge in [-0.25, -0.2) is 4.79 Å². The van der Waals surface area contributed by atoms with Crippen molar-refractivity contribution < 1.29 is 18.8 Å². The third-order valence-electron chi connectivity index (χ3n) is 6.63. The van der Waals surface area contributed by atoms with E-state index in [1.54, 1.807) is 0 Å². The molecular weight excluding hydrogens is 370 g/mol. The molecule has 2 atom stereocenters. The minimum Gasteiger partial charge on any atom is -0.444 e. The van der Waals surface area contributed by atoms with Gasteiger partial charge in [0.25, 0.3) is 0 Å². The van der Waals surface area contributed by atoms with Gasteiger partial charge in [0.2, 0.25) is 0 Å². The van der Waals surface area contributed by atoms with Gasteiger partial charge >= 0.3 is 6.09 Å². The van der Waals surface area contributed by atoms with E-state index in [0.717, 1.165) is 32.1 Å². The number of fused-ring (bicyclic) bond motifs is 2. The highest BCUT2D eigenvalue weighted by Gasteiger charge is 2.46. The molecule has 0 saturated carbocycles. The standard InChI is InChI=1S/C22H41NO4Si/c1-21(2,3)27-20(25)23-17-11-12-18(23)15-16(14-17)19(24)10-9-13-26-28(7,8)22(4,5)6/h16-18H,9-15H2,1-8H3.